The van der Waals surface area contributed by atoms with Gasteiger partial charge in [0.05, 0.1) is 11.4 Å². The second kappa shape index (κ2) is 5.97. The van der Waals surface area contributed by atoms with Gasteiger partial charge in [-0.2, -0.15) is 0 Å². The molecule has 16 heavy (non-hydrogen) atoms. The van der Waals surface area contributed by atoms with Crippen molar-refractivity contribution in [3.05, 3.63) is 23.8 Å². The van der Waals surface area contributed by atoms with Gasteiger partial charge in [-0.1, -0.05) is 0 Å². The molecule has 0 unspecified atom stereocenters. The van der Waals surface area contributed by atoms with Gasteiger partial charge in [-0.05, 0) is 24.6 Å². The molecule has 0 atom stereocenters. The van der Waals surface area contributed by atoms with E-state index in [9.17, 15) is 4.79 Å². The van der Waals surface area contributed by atoms with Crippen LogP contribution in [-0.2, 0) is 0 Å². The molecule has 0 fully saturated rings. The molecule has 0 aliphatic carbocycles. The van der Waals surface area contributed by atoms with E-state index in [4.69, 9.17) is 10.8 Å². The average molecular weight is 223 g/mol. The van der Waals surface area contributed by atoms with Gasteiger partial charge >= 0.3 is 0 Å². The number of nitrogens with two attached hydrogens (primary N) is 1. The largest absolute Gasteiger partial charge is 0.397 e. The van der Waals surface area contributed by atoms with Gasteiger partial charge in [0.1, 0.15) is 0 Å². The fourth-order valence-electron chi connectivity index (χ4n) is 1.30. The first-order valence-electron chi connectivity index (χ1n) is 5.15. The fraction of sp³-hybridized carbons (Fsp3) is 0.364. The molecule has 0 radical (unpaired) electrons. The zero-order valence-corrected chi connectivity index (χ0v) is 9.29. The Kier molecular flexibility index (Phi) is 4.60. The van der Waals surface area contributed by atoms with Crippen LogP contribution in [0.1, 0.15) is 16.8 Å². The zero-order chi connectivity index (χ0) is 12.0. The highest BCUT2D eigenvalue weighted by Gasteiger charge is 2.06. The number of rotatable bonds is 5. The number of benzene rings is 1. The fourth-order valence-corrected chi connectivity index (χ4v) is 1.30. The lowest BCUT2D eigenvalue weighted by Gasteiger charge is -2.10. The maximum atomic E-state index is 11.4. The molecule has 1 aromatic rings. The van der Waals surface area contributed by atoms with Crippen LogP contribution in [0.5, 0.6) is 0 Å². The Bertz CT molecular complexity index is 366. The molecule has 88 valence electrons. The third-order valence-electron chi connectivity index (χ3n) is 2.19. The summed E-state index contributed by atoms with van der Waals surface area (Å²) in [5.41, 5.74) is 7.62. The van der Waals surface area contributed by atoms with E-state index in [2.05, 4.69) is 10.6 Å². The number of nitrogens with one attached hydrogen (secondary N) is 2. The number of carbonyl (C=O) groups excluding carboxylic acids is 1. The quantitative estimate of drug-likeness (QED) is 0.430. The highest BCUT2D eigenvalue weighted by molar-refractivity contribution is 5.96. The van der Waals surface area contributed by atoms with Crippen LogP contribution < -0.4 is 16.4 Å². The Morgan fingerprint density at radius 1 is 1.50 bits per heavy atom. The van der Waals surface area contributed by atoms with Crippen LogP contribution in [0.2, 0.25) is 0 Å². The van der Waals surface area contributed by atoms with Gasteiger partial charge in [0.2, 0.25) is 0 Å². The third-order valence-corrected chi connectivity index (χ3v) is 2.19. The van der Waals surface area contributed by atoms with Gasteiger partial charge in [-0.25, -0.2) is 0 Å². The molecule has 5 heteroatoms. The van der Waals surface area contributed by atoms with Crippen molar-refractivity contribution in [3.63, 3.8) is 0 Å². The normalized spacial score (nSPS) is 9.88. The van der Waals surface area contributed by atoms with E-state index in [0.717, 1.165) is 5.69 Å². The van der Waals surface area contributed by atoms with Gasteiger partial charge in [0, 0.05) is 25.8 Å². The Morgan fingerprint density at radius 2 is 2.25 bits per heavy atom. The second-order valence-electron chi connectivity index (χ2n) is 3.39. The molecule has 0 aliphatic rings. The molecule has 0 saturated carbocycles. The Balaban J connectivity index is 2.78. The SMILES string of the molecule is CNC(=O)c1ccc(N)c(NCCCO)c1. The molecule has 0 aliphatic heterocycles. The molecule has 0 spiro atoms. The zero-order valence-electron chi connectivity index (χ0n) is 9.29. The minimum atomic E-state index is -0.148. The molecule has 0 saturated heterocycles. The van der Waals surface area contributed by atoms with Crippen LogP contribution in [0, 0.1) is 0 Å². The summed E-state index contributed by atoms with van der Waals surface area (Å²) in [6.45, 7) is 0.750. The average Bonchev–Trinajstić information content (AvgIpc) is 2.31. The molecular formula is C11H17N3O2. The maximum absolute atomic E-state index is 11.4. The summed E-state index contributed by atoms with van der Waals surface area (Å²) in [5.74, 6) is -0.148. The molecule has 5 N–H and O–H groups in total. The number of amides is 1. The van der Waals surface area contributed by atoms with Crippen molar-refractivity contribution in [1.82, 2.24) is 5.32 Å². The minimum Gasteiger partial charge on any atom is -0.397 e. The summed E-state index contributed by atoms with van der Waals surface area (Å²) in [6, 6.07) is 5.06. The van der Waals surface area contributed by atoms with Crippen molar-refractivity contribution in [2.75, 3.05) is 31.2 Å². The van der Waals surface area contributed by atoms with E-state index in [-0.39, 0.29) is 12.5 Å². The van der Waals surface area contributed by atoms with E-state index in [1.54, 1.807) is 25.2 Å². The predicted octanol–water partition coefficient (Wildman–Crippen LogP) is 0.423. The summed E-state index contributed by atoms with van der Waals surface area (Å²) in [5, 5.41) is 14.3. The first kappa shape index (κ1) is 12.3. The van der Waals surface area contributed by atoms with Gasteiger partial charge < -0.3 is 21.5 Å². The standard InChI is InChI=1S/C11H17N3O2/c1-13-11(16)8-3-4-9(12)10(7-8)14-5-2-6-15/h3-4,7,14-15H,2,5-6,12H2,1H3,(H,13,16). The van der Waals surface area contributed by atoms with Crippen LogP contribution in [-0.4, -0.2) is 31.2 Å². The number of hydrogen-bond acceptors (Lipinski definition) is 4. The topological polar surface area (TPSA) is 87.4 Å². The van der Waals surface area contributed by atoms with Gasteiger partial charge in [-0.3, -0.25) is 4.79 Å². The van der Waals surface area contributed by atoms with Crippen LogP contribution >= 0.6 is 0 Å². The van der Waals surface area contributed by atoms with E-state index < -0.39 is 0 Å². The number of anilines is 2. The van der Waals surface area contributed by atoms with Crippen LogP contribution in [0.3, 0.4) is 0 Å². The smallest absolute Gasteiger partial charge is 0.251 e. The molecule has 1 rings (SSSR count). The lowest BCUT2D eigenvalue weighted by molar-refractivity contribution is 0.0963. The summed E-state index contributed by atoms with van der Waals surface area (Å²) < 4.78 is 0. The van der Waals surface area contributed by atoms with Crippen molar-refractivity contribution in [1.29, 1.82) is 0 Å². The van der Waals surface area contributed by atoms with Crippen molar-refractivity contribution >= 4 is 17.3 Å². The number of aliphatic hydroxyl groups is 1. The summed E-state index contributed by atoms with van der Waals surface area (Å²) >= 11 is 0. The van der Waals surface area contributed by atoms with Crippen molar-refractivity contribution in [2.24, 2.45) is 0 Å². The Labute approximate surface area is 94.7 Å². The molecular weight excluding hydrogens is 206 g/mol. The lowest BCUT2D eigenvalue weighted by atomic mass is 10.1. The molecule has 0 heterocycles. The Hall–Kier alpha value is -1.75. The molecule has 0 bridgehead atoms. The monoisotopic (exact) mass is 223 g/mol. The summed E-state index contributed by atoms with van der Waals surface area (Å²) in [6.07, 6.45) is 0.643. The van der Waals surface area contributed by atoms with Crippen LogP contribution in [0.4, 0.5) is 11.4 Å². The lowest BCUT2D eigenvalue weighted by Crippen LogP contribution is -2.18. The number of nitrogen functional groups attached to an aromatic ring is 1. The van der Waals surface area contributed by atoms with E-state index >= 15 is 0 Å². The number of aliphatic hydroxyl groups excluding tert-OH is 1. The van der Waals surface area contributed by atoms with Crippen LogP contribution in [0.15, 0.2) is 18.2 Å². The molecule has 1 amide bonds. The van der Waals surface area contributed by atoms with Gasteiger partial charge in [0.15, 0.2) is 0 Å². The maximum Gasteiger partial charge on any atom is 0.251 e. The number of hydrogen-bond donors (Lipinski definition) is 4. The van der Waals surface area contributed by atoms with Gasteiger partial charge in [0.25, 0.3) is 5.91 Å². The van der Waals surface area contributed by atoms with Gasteiger partial charge in [-0.15, -0.1) is 0 Å². The van der Waals surface area contributed by atoms with Crippen molar-refractivity contribution < 1.29 is 9.90 Å². The molecule has 5 nitrogen and oxygen atoms in total. The first-order chi connectivity index (χ1) is 7.69. The van der Waals surface area contributed by atoms with Crippen LogP contribution in [0.25, 0.3) is 0 Å². The van der Waals surface area contributed by atoms with Crippen molar-refractivity contribution in [3.8, 4) is 0 Å². The summed E-state index contributed by atoms with van der Waals surface area (Å²) in [7, 11) is 1.58. The predicted molar refractivity (Wildman–Crippen MR) is 64.4 cm³/mol. The van der Waals surface area contributed by atoms with Crippen molar-refractivity contribution in [2.45, 2.75) is 6.42 Å². The molecule has 1 aromatic carbocycles. The Morgan fingerprint density at radius 3 is 2.88 bits per heavy atom. The highest BCUT2D eigenvalue weighted by atomic mass is 16.3. The number of carbonyl (C=O) groups is 1. The van der Waals surface area contributed by atoms with E-state index in [0.29, 0.717) is 24.2 Å². The highest BCUT2D eigenvalue weighted by Crippen LogP contribution is 2.19. The summed E-state index contributed by atoms with van der Waals surface area (Å²) in [4.78, 5) is 11.4. The van der Waals surface area contributed by atoms with E-state index in [1.807, 2.05) is 0 Å². The molecule has 0 aromatic heterocycles. The minimum absolute atomic E-state index is 0.127. The third kappa shape index (κ3) is 3.13. The first-order valence-corrected chi connectivity index (χ1v) is 5.15. The van der Waals surface area contributed by atoms with E-state index in [1.165, 1.54) is 0 Å². The second-order valence-corrected chi connectivity index (χ2v) is 3.39.